The van der Waals surface area contributed by atoms with Crippen molar-refractivity contribution in [1.29, 1.82) is 0 Å². The minimum absolute atomic E-state index is 0.901. The summed E-state index contributed by atoms with van der Waals surface area (Å²) < 4.78 is 0. The highest BCUT2D eigenvalue weighted by molar-refractivity contribution is 7.81. The SMILES string of the molecule is CCCCc1ccc(C=CC(=S)c2ccc(CC)cc2)cc1CCCC. The third-order valence-electron chi connectivity index (χ3n) is 4.90. The lowest BCUT2D eigenvalue weighted by molar-refractivity contribution is 0.758. The number of hydrogen-bond donors (Lipinski definition) is 0. The van der Waals surface area contributed by atoms with Crippen molar-refractivity contribution in [2.24, 2.45) is 0 Å². The Labute approximate surface area is 165 Å². The van der Waals surface area contributed by atoms with Crippen molar-refractivity contribution in [1.82, 2.24) is 0 Å². The number of rotatable bonds is 10. The van der Waals surface area contributed by atoms with Gasteiger partial charge in [0.25, 0.3) is 0 Å². The molecule has 0 nitrogen and oxygen atoms in total. The van der Waals surface area contributed by atoms with Crippen LogP contribution in [0.25, 0.3) is 6.08 Å². The summed E-state index contributed by atoms with van der Waals surface area (Å²) in [5, 5.41) is 0. The number of unbranched alkanes of at least 4 members (excludes halogenated alkanes) is 2. The maximum Gasteiger partial charge on any atom is 0.0449 e. The van der Waals surface area contributed by atoms with E-state index in [9.17, 15) is 0 Å². The molecule has 0 aliphatic carbocycles. The first kappa shape index (κ1) is 20.6. The average Bonchev–Trinajstić information content (AvgIpc) is 2.69. The van der Waals surface area contributed by atoms with E-state index >= 15 is 0 Å². The smallest absolute Gasteiger partial charge is 0.0449 e. The van der Waals surface area contributed by atoms with E-state index in [1.54, 1.807) is 0 Å². The topological polar surface area (TPSA) is 0 Å². The van der Waals surface area contributed by atoms with E-state index in [4.69, 9.17) is 12.2 Å². The van der Waals surface area contributed by atoms with Gasteiger partial charge < -0.3 is 0 Å². The zero-order valence-electron chi connectivity index (χ0n) is 16.6. The Hall–Kier alpha value is -1.73. The first-order valence-corrected chi connectivity index (χ1v) is 10.5. The van der Waals surface area contributed by atoms with E-state index in [2.05, 4.69) is 75.4 Å². The van der Waals surface area contributed by atoms with Gasteiger partial charge in [-0.2, -0.15) is 0 Å². The van der Waals surface area contributed by atoms with Crippen molar-refractivity contribution in [2.45, 2.75) is 65.7 Å². The molecule has 1 heteroatoms. The van der Waals surface area contributed by atoms with Gasteiger partial charge >= 0.3 is 0 Å². The molecule has 2 aromatic carbocycles. The summed E-state index contributed by atoms with van der Waals surface area (Å²) in [7, 11) is 0. The van der Waals surface area contributed by atoms with E-state index in [1.165, 1.54) is 60.8 Å². The second-order valence-electron chi connectivity index (χ2n) is 6.98. The fraction of sp³-hybridized carbons (Fsp3) is 0.400. The van der Waals surface area contributed by atoms with Crippen LogP contribution in [0.2, 0.25) is 0 Å². The van der Waals surface area contributed by atoms with Crippen LogP contribution in [0.4, 0.5) is 0 Å². The highest BCUT2D eigenvalue weighted by atomic mass is 32.1. The zero-order chi connectivity index (χ0) is 18.8. The van der Waals surface area contributed by atoms with Crippen LogP contribution in [0.15, 0.2) is 48.5 Å². The van der Waals surface area contributed by atoms with Gasteiger partial charge in [0.2, 0.25) is 0 Å². The quantitative estimate of drug-likeness (QED) is 0.241. The van der Waals surface area contributed by atoms with Crippen LogP contribution in [-0.2, 0) is 19.3 Å². The van der Waals surface area contributed by atoms with Crippen molar-refractivity contribution >= 4 is 23.2 Å². The molecule has 26 heavy (non-hydrogen) atoms. The molecule has 0 saturated carbocycles. The highest BCUT2D eigenvalue weighted by Crippen LogP contribution is 2.19. The van der Waals surface area contributed by atoms with Gasteiger partial charge in [-0.15, -0.1) is 0 Å². The molecule has 138 valence electrons. The predicted octanol–water partition coefficient (Wildman–Crippen LogP) is 7.37. The minimum atomic E-state index is 0.901. The van der Waals surface area contributed by atoms with Crippen molar-refractivity contribution < 1.29 is 0 Å². The fourth-order valence-corrected chi connectivity index (χ4v) is 3.34. The lowest BCUT2D eigenvalue weighted by Gasteiger charge is -2.10. The molecule has 0 saturated heterocycles. The molecule has 0 spiro atoms. The summed E-state index contributed by atoms with van der Waals surface area (Å²) in [6.07, 6.45) is 12.7. The second kappa shape index (κ2) is 11.1. The number of benzene rings is 2. The maximum atomic E-state index is 5.60. The number of hydrogen-bond acceptors (Lipinski definition) is 1. The van der Waals surface area contributed by atoms with Crippen LogP contribution in [0.1, 0.15) is 74.3 Å². The normalized spacial score (nSPS) is 11.2. The standard InChI is InChI=1S/C25H32S/c1-4-7-9-22-15-13-21(19-24(22)10-8-5-2)14-18-25(26)23-16-11-20(6-3)12-17-23/h11-19H,4-10H2,1-3H3. The molecule has 0 atom stereocenters. The third-order valence-corrected chi connectivity index (χ3v) is 5.28. The van der Waals surface area contributed by atoms with Crippen molar-refractivity contribution in [2.75, 3.05) is 0 Å². The molecule has 0 aliphatic rings. The first-order chi connectivity index (χ1) is 12.7. The molecule has 0 amide bonds. The van der Waals surface area contributed by atoms with Crippen molar-refractivity contribution in [3.05, 3.63) is 76.4 Å². The molecule has 0 aromatic heterocycles. The highest BCUT2D eigenvalue weighted by Gasteiger charge is 2.04. The monoisotopic (exact) mass is 364 g/mol. The van der Waals surface area contributed by atoms with Gasteiger partial charge in [-0.3, -0.25) is 0 Å². The summed E-state index contributed by atoms with van der Waals surface area (Å²) in [5.74, 6) is 0. The Balaban J connectivity index is 2.13. The maximum absolute atomic E-state index is 5.60. The van der Waals surface area contributed by atoms with Gasteiger partial charge in [-0.25, -0.2) is 0 Å². The van der Waals surface area contributed by atoms with E-state index in [-0.39, 0.29) is 0 Å². The van der Waals surface area contributed by atoms with Crippen LogP contribution >= 0.6 is 12.2 Å². The van der Waals surface area contributed by atoms with Gasteiger partial charge in [-0.1, -0.05) is 94.4 Å². The summed E-state index contributed by atoms with van der Waals surface area (Å²) in [5.41, 5.74) is 6.77. The summed E-state index contributed by atoms with van der Waals surface area (Å²) in [4.78, 5) is 0.901. The van der Waals surface area contributed by atoms with Crippen LogP contribution in [0.3, 0.4) is 0 Å². The van der Waals surface area contributed by atoms with Crippen LogP contribution < -0.4 is 0 Å². The number of allylic oxidation sites excluding steroid dienone is 1. The molecule has 2 rings (SSSR count). The van der Waals surface area contributed by atoms with Crippen LogP contribution in [0, 0.1) is 0 Å². The Kier molecular flexibility index (Phi) is 8.77. The lowest BCUT2D eigenvalue weighted by atomic mass is 9.95. The van der Waals surface area contributed by atoms with Crippen LogP contribution in [0.5, 0.6) is 0 Å². The van der Waals surface area contributed by atoms with Crippen molar-refractivity contribution in [3.63, 3.8) is 0 Å². The summed E-state index contributed by atoms with van der Waals surface area (Å²) in [6, 6.07) is 15.5. The van der Waals surface area contributed by atoms with E-state index in [0.717, 1.165) is 16.8 Å². The Morgan fingerprint density at radius 2 is 1.50 bits per heavy atom. The molecular weight excluding hydrogens is 332 g/mol. The van der Waals surface area contributed by atoms with Gasteiger partial charge in [0.1, 0.15) is 0 Å². The zero-order valence-corrected chi connectivity index (χ0v) is 17.4. The molecule has 0 bridgehead atoms. The average molecular weight is 365 g/mol. The molecule has 0 aliphatic heterocycles. The fourth-order valence-electron chi connectivity index (χ4n) is 3.13. The molecule has 2 aromatic rings. The van der Waals surface area contributed by atoms with E-state index < -0.39 is 0 Å². The van der Waals surface area contributed by atoms with Gasteiger partial charge in [0.05, 0.1) is 0 Å². The van der Waals surface area contributed by atoms with Gasteiger partial charge in [-0.05, 0) is 66.0 Å². The predicted molar refractivity (Wildman–Crippen MR) is 120 cm³/mol. The largest absolute Gasteiger partial charge is 0.0795 e. The minimum Gasteiger partial charge on any atom is -0.0795 e. The molecular formula is C25H32S. The molecule has 0 N–H and O–H groups in total. The number of aryl methyl sites for hydroxylation is 3. The van der Waals surface area contributed by atoms with E-state index in [1.807, 2.05) is 0 Å². The molecule has 0 heterocycles. The molecule has 0 radical (unpaired) electrons. The molecule has 0 fully saturated rings. The molecule has 0 unspecified atom stereocenters. The van der Waals surface area contributed by atoms with E-state index in [0.29, 0.717) is 0 Å². The lowest BCUT2D eigenvalue weighted by Crippen LogP contribution is -1.96. The Morgan fingerprint density at radius 3 is 2.12 bits per heavy atom. The van der Waals surface area contributed by atoms with Crippen LogP contribution in [-0.4, -0.2) is 4.86 Å². The third kappa shape index (κ3) is 6.21. The first-order valence-electron chi connectivity index (χ1n) is 10.1. The Morgan fingerprint density at radius 1 is 0.846 bits per heavy atom. The van der Waals surface area contributed by atoms with Gasteiger partial charge in [0, 0.05) is 4.86 Å². The Bertz CT molecular complexity index is 722. The summed E-state index contributed by atoms with van der Waals surface area (Å²) in [6.45, 7) is 6.70. The van der Waals surface area contributed by atoms with Gasteiger partial charge in [0.15, 0.2) is 0 Å². The van der Waals surface area contributed by atoms with Crippen molar-refractivity contribution in [3.8, 4) is 0 Å². The second-order valence-corrected chi connectivity index (χ2v) is 7.42. The summed E-state index contributed by atoms with van der Waals surface area (Å²) >= 11 is 5.60. The number of thiocarbonyl (C=S) groups is 1.